The molecule has 1 aromatic rings. The van der Waals surface area contributed by atoms with Crippen molar-refractivity contribution in [2.45, 2.75) is 18.9 Å². The predicted octanol–water partition coefficient (Wildman–Crippen LogP) is 0.408. The number of hydrogen-bond acceptors (Lipinski definition) is 4. The lowest BCUT2D eigenvalue weighted by atomic mass is 10.1. The number of nitrogens with one attached hydrogen (secondary N) is 1. The molecule has 2 rings (SSSR count). The molecule has 4 nitrogen and oxygen atoms in total. The number of aromatic nitrogens is 2. The topological polar surface area (TPSA) is 47.0 Å². The van der Waals surface area contributed by atoms with E-state index in [1.807, 2.05) is 0 Å². The summed E-state index contributed by atoms with van der Waals surface area (Å²) in [6.07, 6.45) is 8.26. The first-order chi connectivity index (χ1) is 6.45. The second kappa shape index (κ2) is 4.18. The van der Waals surface area contributed by atoms with E-state index in [0.717, 1.165) is 25.9 Å². The van der Waals surface area contributed by atoms with Crippen molar-refractivity contribution in [2.75, 3.05) is 13.1 Å². The SMILES string of the molecule is [c]1cncc(OC2CCCNC2)n1. The van der Waals surface area contributed by atoms with Gasteiger partial charge in [0.1, 0.15) is 12.3 Å². The zero-order valence-corrected chi connectivity index (χ0v) is 7.36. The third-order valence-corrected chi connectivity index (χ3v) is 2.03. The minimum Gasteiger partial charge on any atom is -0.472 e. The number of ether oxygens (including phenoxy) is 1. The van der Waals surface area contributed by atoms with Crippen molar-refractivity contribution in [3.8, 4) is 5.88 Å². The fourth-order valence-corrected chi connectivity index (χ4v) is 1.40. The van der Waals surface area contributed by atoms with Crippen LogP contribution in [0.1, 0.15) is 12.8 Å². The van der Waals surface area contributed by atoms with Crippen molar-refractivity contribution >= 4 is 0 Å². The maximum Gasteiger partial charge on any atom is 0.233 e. The molecule has 69 valence electrons. The van der Waals surface area contributed by atoms with Gasteiger partial charge in [0.2, 0.25) is 5.88 Å². The Morgan fingerprint density at radius 2 is 2.62 bits per heavy atom. The highest BCUT2D eigenvalue weighted by Gasteiger charge is 2.14. The van der Waals surface area contributed by atoms with E-state index in [2.05, 4.69) is 21.5 Å². The van der Waals surface area contributed by atoms with Crippen molar-refractivity contribution in [3.05, 3.63) is 18.6 Å². The van der Waals surface area contributed by atoms with Gasteiger partial charge in [-0.1, -0.05) is 0 Å². The van der Waals surface area contributed by atoms with E-state index in [-0.39, 0.29) is 6.10 Å². The van der Waals surface area contributed by atoms with Crippen LogP contribution in [0.4, 0.5) is 0 Å². The minimum absolute atomic E-state index is 0.235. The summed E-state index contributed by atoms with van der Waals surface area (Å²) in [5, 5.41) is 3.27. The molecule has 0 saturated carbocycles. The quantitative estimate of drug-likeness (QED) is 0.712. The van der Waals surface area contributed by atoms with Crippen LogP contribution in [-0.2, 0) is 0 Å². The summed E-state index contributed by atoms with van der Waals surface area (Å²) in [4.78, 5) is 7.82. The Labute approximate surface area is 77.4 Å². The number of nitrogens with zero attached hydrogens (tertiary/aromatic N) is 2. The molecule has 13 heavy (non-hydrogen) atoms. The van der Waals surface area contributed by atoms with E-state index in [0.29, 0.717) is 5.88 Å². The van der Waals surface area contributed by atoms with Gasteiger partial charge in [-0.25, -0.2) is 4.98 Å². The Bertz CT molecular complexity index is 246. The van der Waals surface area contributed by atoms with Gasteiger partial charge in [-0.15, -0.1) is 0 Å². The molecule has 0 aliphatic carbocycles. The van der Waals surface area contributed by atoms with Crippen molar-refractivity contribution in [3.63, 3.8) is 0 Å². The van der Waals surface area contributed by atoms with Crippen LogP contribution >= 0.6 is 0 Å². The Morgan fingerprint density at radius 1 is 1.62 bits per heavy atom. The molecular formula is C9H12N3O. The minimum atomic E-state index is 0.235. The zero-order chi connectivity index (χ0) is 8.93. The van der Waals surface area contributed by atoms with Gasteiger partial charge in [-0.3, -0.25) is 4.98 Å². The second-order valence-electron chi connectivity index (χ2n) is 3.07. The molecule has 1 saturated heterocycles. The van der Waals surface area contributed by atoms with Gasteiger partial charge in [-0.05, 0) is 19.4 Å². The molecule has 0 aromatic carbocycles. The lowest BCUT2D eigenvalue weighted by molar-refractivity contribution is 0.160. The predicted molar refractivity (Wildman–Crippen MR) is 47.4 cm³/mol. The van der Waals surface area contributed by atoms with E-state index in [4.69, 9.17) is 4.74 Å². The van der Waals surface area contributed by atoms with Crippen LogP contribution in [0.2, 0.25) is 0 Å². The van der Waals surface area contributed by atoms with Crippen molar-refractivity contribution in [2.24, 2.45) is 0 Å². The molecule has 0 amide bonds. The first-order valence-electron chi connectivity index (χ1n) is 4.50. The van der Waals surface area contributed by atoms with Crippen LogP contribution in [0.5, 0.6) is 5.88 Å². The summed E-state index contributed by atoms with van der Waals surface area (Å²) >= 11 is 0. The molecular weight excluding hydrogens is 166 g/mol. The van der Waals surface area contributed by atoms with Gasteiger partial charge in [0.25, 0.3) is 0 Å². The maximum absolute atomic E-state index is 5.59. The van der Waals surface area contributed by atoms with Gasteiger partial charge in [0, 0.05) is 6.54 Å². The normalized spacial score (nSPS) is 22.6. The second-order valence-corrected chi connectivity index (χ2v) is 3.07. The van der Waals surface area contributed by atoms with E-state index >= 15 is 0 Å². The molecule has 1 aliphatic heterocycles. The van der Waals surface area contributed by atoms with Gasteiger partial charge in [-0.2, -0.15) is 0 Å². The highest BCUT2D eigenvalue weighted by molar-refractivity contribution is 5.01. The summed E-state index contributed by atoms with van der Waals surface area (Å²) in [5.41, 5.74) is 0. The Kier molecular flexibility index (Phi) is 2.72. The van der Waals surface area contributed by atoms with Crippen LogP contribution < -0.4 is 10.1 Å². The maximum atomic E-state index is 5.59. The van der Waals surface area contributed by atoms with Gasteiger partial charge < -0.3 is 10.1 Å². The number of piperidine rings is 1. The monoisotopic (exact) mass is 178 g/mol. The smallest absolute Gasteiger partial charge is 0.233 e. The van der Waals surface area contributed by atoms with Crippen molar-refractivity contribution < 1.29 is 4.74 Å². The van der Waals surface area contributed by atoms with Gasteiger partial charge in [0.15, 0.2) is 0 Å². The Hall–Kier alpha value is -1.16. The van der Waals surface area contributed by atoms with Crippen LogP contribution in [0.25, 0.3) is 0 Å². The molecule has 1 atom stereocenters. The summed E-state index contributed by atoms with van der Waals surface area (Å²) in [6, 6.07) is 0. The van der Waals surface area contributed by atoms with Crippen LogP contribution in [-0.4, -0.2) is 29.2 Å². The molecule has 0 bridgehead atoms. The fraction of sp³-hybridized carbons (Fsp3) is 0.556. The first kappa shape index (κ1) is 8.44. The largest absolute Gasteiger partial charge is 0.472 e. The average Bonchev–Trinajstić information content (AvgIpc) is 2.21. The summed E-state index contributed by atoms with van der Waals surface area (Å²) < 4.78 is 5.59. The van der Waals surface area contributed by atoms with E-state index in [1.165, 1.54) is 6.20 Å². The standard InChI is InChI=1S/C9H12N3O/c1-2-8(6-10-3-1)13-9-7-11-4-5-12-9/h4,7-8,10H,1-3,6H2. The third kappa shape index (κ3) is 2.39. The van der Waals surface area contributed by atoms with Crippen molar-refractivity contribution in [1.82, 2.24) is 15.3 Å². The molecule has 4 heteroatoms. The zero-order valence-electron chi connectivity index (χ0n) is 7.36. The molecule has 1 aliphatic rings. The average molecular weight is 178 g/mol. The number of hydrogen-bond donors (Lipinski definition) is 1. The highest BCUT2D eigenvalue weighted by atomic mass is 16.5. The van der Waals surface area contributed by atoms with Gasteiger partial charge >= 0.3 is 0 Å². The highest BCUT2D eigenvalue weighted by Crippen LogP contribution is 2.10. The molecule has 0 spiro atoms. The molecule has 1 radical (unpaired) electrons. The van der Waals surface area contributed by atoms with Crippen LogP contribution in [0.3, 0.4) is 0 Å². The molecule has 1 aromatic heterocycles. The lowest BCUT2D eigenvalue weighted by Crippen LogP contribution is -2.37. The molecule has 1 fully saturated rings. The van der Waals surface area contributed by atoms with Crippen LogP contribution in [0, 0.1) is 6.20 Å². The summed E-state index contributed by atoms with van der Waals surface area (Å²) in [7, 11) is 0. The summed E-state index contributed by atoms with van der Waals surface area (Å²) in [6.45, 7) is 1.99. The molecule has 1 N–H and O–H groups in total. The van der Waals surface area contributed by atoms with E-state index in [1.54, 1.807) is 6.20 Å². The van der Waals surface area contributed by atoms with E-state index < -0.39 is 0 Å². The first-order valence-corrected chi connectivity index (χ1v) is 4.50. The number of rotatable bonds is 2. The Balaban J connectivity index is 1.90. The van der Waals surface area contributed by atoms with Gasteiger partial charge in [0.05, 0.1) is 12.4 Å². The van der Waals surface area contributed by atoms with E-state index in [9.17, 15) is 0 Å². The lowest BCUT2D eigenvalue weighted by Gasteiger charge is -2.22. The molecule has 1 unspecified atom stereocenters. The Morgan fingerprint density at radius 3 is 3.31 bits per heavy atom. The summed E-state index contributed by atoms with van der Waals surface area (Å²) in [5.74, 6) is 0.566. The fourth-order valence-electron chi connectivity index (χ4n) is 1.40. The third-order valence-electron chi connectivity index (χ3n) is 2.03. The van der Waals surface area contributed by atoms with Crippen LogP contribution in [0.15, 0.2) is 12.4 Å². The molecule has 2 heterocycles. The van der Waals surface area contributed by atoms with Crippen molar-refractivity contribution in [1.29, 1.82) is 0 Å².